The molecule has 0 bridgehead atoms. The van der Waals surface area contributed by atoms with E-state index in [0.29, 0.717) is 57.2 Å². The van der Waals surface area contributed by atoms with Gasteiger partial charge in [-0.05, 0) is 56.2 Å². The minimum Gasteiger partial charge on any atom is -0.507 e. The summed E-state index contributed by atoms with van der Waals surface area (Å²) in [6, 6.07) is 9.57. The molecule has 2 N–H and O–H groups in total. The van der Waals surface area contributed by atoms with Crippen LogP contribution in [0.2, 0.25) is 15.1 Å². The average molecular weight is 495 g/mol. The molecular formula is C23H22Cl3N3O3. The number of aromatic amines is 1. The van der Waals surface area contributed by atoms with E-state index in [4.69, 9.17) is 39.5 Å². The molecule has 0 saturated heterocycles. The van der Waals surface area contributed by atoms with Gasteiger partial charge in [0.15, 0.2) is 0 Å². The van der Waals surface area contributed by atoms with Crippen LogP contribution in [0.15, 0.2) is 36.4 Å². The number of hydrogen-bond donors (Lipinski definition) is 2. The quantitative estimate of drug-likeness (QED) is 0.389. The number of carbonyl (C=O) groups is 1. The highest BCUT2D eigenvalue weighted by Gasteiger charge is 2.42. The summed E-state index contributed by atoms with van der Waals surface area (Å²) in [6.07, 6.45) is 0.779. The average Bonchev–Trinajstić information content (AvgIpc) is 3.28. The van der Waals surface area contributed by atoms with E-state index in [9.17, 15) is 9.90 Å². The van der Waals surface area contributed by atoms with Gasteiger partial charge in [-0.2, -0.15) is 5.10 Å². The van der Waals surface area contributed by atoms with Crippen molar-refractivity contribution >= 4 is 40.7 Å². The van der Waals surface area contributed by atoms with Crippen molar-refractivity contribution in [1.29, 1.82) is 0 Å². The number of phenols is 1. The molecule has 0 saturated carbocycles. The van der Waals surface area contributed by atoms with Crippen LogP contribution in [0.25, 0.3) is 11.3 Å². The van der Waals surface area contributed by atoms with E-state index in [0.717, 1.165) is 5.56 Å². The van der Waals surface area contributed by atoms with E-state index < -0.39 is 6.04 Å². The highest BCUT2D eigenvalue weighted by atomic mass is 35.5. The first kappa shape index (κ1) is 22.9. The summed E-state index contributed by atoms with van der Waals surface area (Å²) >= 11 is 18.6. The minimum absolute atomic E-state index is 0.0211. The molecule has 0 spiro atoms. The van der Waals surface area contributed by atoms with Crippen molar-refractivity contribution in [2.45, 2.75) is 32.4 Å². The molecule has 32 heavy (non-hydrogen) atoms. The third-order valence-corrected chi connectivity index (χ3v) is 6.31. The molecule has 1 atom stereocenters. The van der Waals surface area contributed by atoms with Gasteiger partial charge < -0.3 is 14.7 Å². The number of fused-ring (bicyclic) bond motifs is 1. The van der Waals surface area contributed by atoms with Crippen molar-refractivity contribution in [3.05, 3.63) is 68.3 Å². The number of amides is 1. The van der Waals surface area contributed by atoms with Gasteiger partial charge in [0.2, 0.25) is 0 Å². The number of carbonyl (C=O) groups excluding carboxylic acids is 1. The second kappa shape index (κ2) is 9.32. The normalized spacial score (nSPS) is 15.6. The van der Waals surface area contributed by atoms with Gasteiger partial charge in [-0.25, -0.2) is 0 Å². The molecule has 1 unspecified atom stereocenters. The highest BCUT2D eigenvalue weighted by molar-refractivity contribution is 6.42. The topological polar surface area (TPSA) is 78.5 Å². The van der Waals surface area contributed by atoms with Gasteiger partial charge in [0.1, 0.15) is 17.1 Å². The number of nitrogens with one attached hydrogen (secondary N) is 1. The van der Waals surface area contributed by atoms with Crippen LogP contribution in [0.3, 0.4) is 0 Å². The van der Waals surface area contributed by atoms with Crippen molar-refractivity contribution in [3.63, 3.8) is 0 Å². The fourth-order valence-corrected chi connectivity index (χ4v) is 4.39. The van der Waals surface area contributed by atoms with Gasteiger partial charge in [0, 0.05) is 29.3 Å². The van der Waals surface area contributed by atoms with Gasteiger partial charge in [-0.15, -0.1) is 0 Å². The van der Waals surface area contributed by atoms with Crippen LogP contribution in [0.1, 0.15) is 47.9 Å². The van der Waals surface area contributed by atoms with Gasteiger partial charge >= 0.3 is 0 Å². The maximum atomic E-state index is 13.3. The number of hydrogen-bond acceptors (Lipinski definition) is 4. The first-order chi connectivity index (χ1) is 15.3. The molecule has 2 heterocycles. The monoisotopic (exact) mass is 493 g/mol. The summed E-state index contributed by atoms with van der Waals surface area (Å²) < 4.78 is 5.65. The first-order valence-corrected chi connectivity index (χ1v) is 11.4. The zero-order chi connectivity index (χ0) is 23.0. The number of aromatic nitrogens is 2. The van der Waals surface area contributed by atoms with Crippen LogP contribution < -0.4 is 0 Å². The molecule has 6 nitrogen and oxygen atoms in total. The smallest absolute Gasteiger partial charge is 0.273 e. The summed E-state index contributed by atoms with van der Waals surface area (Å²) in [5.41, 5.74) is 2.74. The zero-order valence-corrected chi connectivity index (χ0v) is 19.8. The molecule has 1 aliphatic heterocycles. The van der Waals surface area contributed by atoms with E-state index >= 15 is 0 Å². The lowest BCUT2D eigenvalue weighted by Crippen LogP contribution is -2.31. The third-order valence-electron chi connectivity index (χ3n) is 5.33. The standard InChI is InChI=1S/C23H22Cl3N3O3/c1-12(2)32-9-3-8-29-22(13-4-6-16(25)17(26)10-13)19-20(27-28-21(19)23(29)31)15-11-14(24)5-7-18(15)30/h4-7,10-12,22,30H,3,8-9H2,1-2H3,(H,27,28). The Morgan fingerprint density at radius 1 is 1.16 bits per heavy atom. The molecule has 1 aliphatic rings. The van der Waals surface area contributed by atoms with Crippen molar-refractivity contribution in [2.24, 2.45) is 0 Å². The molecule has 9 heteroatoms. The van der Waals surface area contributed by atoms with Gasteiger partial charge in [-0.3, -0.25) is 9.89 Å². The number of nitrogens with zero attached hydrogens (tertiary/aromatic N) is 2. The first-order valence-electron chi connectivity index (χ1n) is 10.2. The zero-order valence-electron chi connectivity index (χ0n) is 17.5. The van der Waals surface area contributed by atoms with Crippen LogP contribution in [0, 0.1) is 0 Å². The fraction of sp³-hybridized carbons (Fsp3) is 0.304. The number of aromatic hydroxyl groups is 1. The SMILES string of the molecule is CC(C)OCCCN1C(=O)c2[nH]nc(-c3cc(Cl)ccc3O)c2C1c1ccc(Cl)c(Cl)c1. The summed E-state index contributed by atoms with van der Waals surface area (Å²) in [5.74, 6) is -0.159. The van der Waals surface area contributed by atoms with Crippen molar-refractivity contribution in [2.75, 3.05) is 13.2 Å². The lowest BCUT2D eigenvalue weighted by atomic mass is 9.95. The summed E-state index contributed by atoms with van der Waals surface area (Å²) in [6.45, 7) is 4.95. The number of rotatable bonds is 7. The van der Waals surface area contributed by atoms with Gasteiger partial charge in [0.25, 0.3) is 5.91 Å². The Morgan fingerprint density at radius 2 is 1.94 bits per heavy atom. The molecule has 3 aromatic rings. The number of ether oxygens (including phenoxy) is 1. The van der Waals surface area contributed by atoms with Crippen LogP contribution >= 0.6 is 34.8 Å². The Kier molecular flexibility index (Phi) is 6.67. The Bertz CT molecular complexity index is 1160. The summed E-state index contributed by atoms with van der Waals surface area (Å²) in [4.78, 5) is 15.1. The molecular weight excluding hydrogens is 473 g/mol. The van der Waals surface area contributed by atoms with E-state index in [1.165, 1.54) is 6.07 Å². The highest BCUT2D eigenvalue weighted by Crippen LogP contribution is 2.45. The van der Waals surface area contributed by atoms with Crippen LogP contribution in [-0.2, 0) is 4.74 Å². The largest absolute Gasteiger partial charge is 0.507 e. The molecule has 1 amide bonds. The number of halogens is 3. The van der Waals surface area contributed by atoms with Crippen molar-refractivity contribution in [3.8, 4) is 17.0 Å². The lowest BCUT2D eigenvalue weighted by Gasteiger charge is -2.27. The number of phenolic OH excluding ortho intramolecular Hbond substituents is 1. The van der Waals surface area contributed by atoms with Crippen molar-refractivity contribution < 1.29 is 14.6 Å². The van der Waals surface area contributed by atoms with Gasteiger partial charge in [0.05, 0.1) is 22.2 Å². The Morgan fingerprint density at radius 3 is 2.66 bits per heavy atom. The van der Waals surface area contributed by atoms with E-state index in [-0.39, 0.29) is 17.8 Å². The Labute approximate surface area is 201 Å². The molecule has 0 fully saturated rings. The van der Waals surface area contributed by atoms with E-state index in [1.54, 1.807) is 29.2 Å². The van der Waals surface area contributed by atoms with E-state index in [1.807, 2.05) is 19.9 Å². The maximum absolute atomic E-state index is 13.3. The van der Waals surface area contributed by atoms with Crippen LogP contribution in [-0.4, -0.2) is 45.4 Å². The van der Waals surface area contributed by atoms with Crippen LogP contribution in [0.4, 0.5) is 0 Å². The Balaban J connectivity index is 1.79. The summed E-state index contributed by atoms with van der Waals surface area (Å²) in [5, 5.41) is 19.0. The predicted molar refractivity (Wildman–Crippen MR) is 126 cm³/mol. The minimum atomic E-state index is -0.460. The third kappa shape index (κ3) is 4.33. The second-order valence-electron chi connectivity index (χ2n) is 7.87. The number of benzene rings is 2. The van der Waals surface area contributed by atoms with Crippen LogP contribution in [0.5, 0.6) is 5.75 Å². The molecule has 2 aromatic carbocycles. The molecule has 168 valence electrons. The van der Waals surface area contributed by atoms with Gasteiger partial charge in [-0.1, -0.05) is 40.9 Å². The Hall–Kier alpha value is -2.25. The number of H-pyrrole nitrogens is 1. The predicted octanol–water partition coefficient (Wildman–Crippen LogP) is 6.10. The molecule has 4 rings (SSSR count). The maximum Gasteiger partial charge on any atom is 0.273 e. The summed E-state index contributed by atoms with van der Waals surface area (Å²) in [7, 11) is 0. The molecule has 0 aliphatic carbocycles. The van der Waals surface area contributed by atoms with E-state index in [2.05, 4.69) is 10.2 Å². The van der Waals surface area contributed by atoms with Crippen molar-refractivity contribution in [1.82, 2.24) is 15.1 Å². The lowest BCUT2D eigenvalue weighted by molar-refractivity contribution is 0.0601. The molecule has 1 aromatic heterocycles. The molecule has 0 radical (unpaired) electrons. The second-order valence-corrected chi connectivity index (χ2v) is 9.12. The fourth-order valence-electron chi connectivity index (χ4n) is 3.91.